The molecule has 0 radical (unpaired) electrons. The summed E-state index contributed by atoms with van der Waals surface area (Å²) in [4.78, 5) is 0. The fourth-order valence-electron chi connectivity index (χ4n) is 2.43. The van der Waals surface area contributed by atoms with E-state index >= 15 is 0 Å². The van der Waals surface area contributed by atoms with Gasteiger partial charge in [0.1, 0.15) is 12.1 Å². The summed E-state index contributed by atoms with van der Waals surface area (Å²) in [5.41, 5.74) is 1.89. The normalized spacial score (nSPS) is 11.5. The number of ether oxygens (including phenoxy) is 1. The Kier molecular flexibility index (Phi) is 5.52. The van der Waals surface area contributed by atoms with Crippen LogP contribution in [0.5, 0.6) is 5.75 Å². The van der Waals surface area contributed by atoms with Gasteiger partial charge in [0.15, 0.2) is 0 Å². The molecule has 28 heavy (non-hydrogen) atoms. The molecule has 142 valence electrons. The Morgan fingerprint density at radius 3 is 2.71 bits per heavy atom. The van der Waals surface area contributed by atoms with Crippen LogP contribution in [0.1, 0.15) is 11.1 Å². The van der Waals surface area contributed by atoms with Crippen molar-refractivity contribution in [1.82, 2.24) is 24.5 Å². The Bertz CT molecular complexity index is 1140. The number of fused-ring (bicyclic) bond motifs is 1. The highest BCUT2D eigenvalue weighted by molar-refractivity contribution is 7.98. The summed E-state index contributed by atoms with van der Waals surface area (Å²) in [5, 5.41) is 19.0. The van der Waals surface area contributed by atoms with Crippen molar-refractivity contribution in [1.29, 1.82) is 0 Å². The van der Waals surface area contributed by atoms with Gasteiger partial charge in [-0.2, -0.15) is 19.4 Å². The second kappa shape index (κ2) is 8.22. The first-order valence-corrected chi connectivity index (χ1v) is 9.92. The predicted molar refractivity (Wildman–Crippen MR) is 111 cm³/mol. The molecule has 2 heterocycles. The van der Waals surface area contributed by atoms with E-state index in [2.05, 4.69) is 20.4 Å². The van der Waals surface area contributed by atoms with E-state index in [1.54, 1.807) is 34.9 Å². The Hall–Kier alpha value is -2.55. The monoisotopic (exact) mass is 432 g/mol. The Morgan fingerprint density at radius 2 is 1.96 bits per heavy atom. The molecule has 0 aliphatic heterocycles. The maximum absolute atomic E-state index is 6.22. The lowest BCUT2D eigenvalue weighted by molar-refractivity contribution is 0.415. The second-order valence-electron chi connectivity index (χ2n) is 5.71. The number of halogens is 2. The average molecular weight is 433 g/mol. The van der Waals surface area contributed by atoms with Crippen molar-refractivity contribution < 1.29 is 4.74 Å². The molecular weight excluding hydrogens is 419 g/mol. The van der Waals surface area contributed by atoms with E-state index in [1.807, 2.05) is 36.4 Å². The Morgan fingerprint density at radius 1 is 1.14 bits per heavy atom. The third-order valence-electron chi connectivity index (χ3n) is 3.90. The van der Waals surface area contributed by atoms with Crippen LogP contribution in [0, 0.1) is 0 Å². The summed E-state index contributed by atoms with van der Waals surface area (Å²) >= 11 is 13.6. The van der Waals surface area contributed by atoms with Gasteiger partial charge in [0.25, 0.3) is 5.78 Å². The minimum absolute atomic E-state index is 0.523. The van der Waals surface area contributed by atoms with Gasteiger partial charge in [-0.3, -0.25) is 0 Å². The smallest absolute Gasteiger partial charge is 0.275 e. The zero-order valence-corrected chi connectivity index (χ0v) is 17.0. The van der Waals surface area contributed by atoms with E-state index in [0.29, 0.717) is 26.7 Å². The van der Waals surface area contributed by atoms with Gasteiger partial charge < -0.3 is 4.74 Å². The highest BCUT2D eigenvalue weighted by atomic mass is 35.5. The van der Waals surface area contributed by atoms with Gasteiger partial charge in [0.2, 0.25) is 5.16 Å². The summed E-state index contributed by atoms with van der Waals surface area (Å²) in [5.74, 6) is 1.94. The number of nitrogens with zero attached hydrogens (tertiary/aromatic N) is 6. The number of methoxy groups -OCH3 is 1. The van der Waals surface area contributed by atoms with Crippen LogP contribution >= 0.6 is 35.0 Å². The molecule has 0 bridgehead atoms. The Balaban J connectivity index is 1.50. The molecule has 2 aromatic heterocycles. The fraction of sp³-hybridized carbons (Fsp3) is 0.111. The maximum atomic E-state index is 6.22. The highest BCUT2D eigenvalue weighted by Gasteiger charge is 2.12. The van der Waals surface area contributed by atoms with Crippen LogP contribution in [0.4, 0.5) is 0 Å². The lowest BCUT2D eigenvalue weighted by Gasteiger charge is -2.02. The first kappa shape index (κ1) is 18.8. The van der Waals surface area contributed by atoms with Crippen molar-refractivity contribution in [2.75, 3.05) is 7.11 Å². The van der Waals surface area contributed by atoms with Crippen molar-refractivity contribution in [2.24, 2.45) is 5.10 Å². The standard InChI is InChI=1S/C18H14Cl2N6OS/c1-27-15-6-2-12(3-7-15)9-21-25-11-22-26-17(25)23-24-18(26)28-10-13-4-5-14(19)8-16(13)20/h2-9,11H,10H2,1H3/b21-9-. The highest BCUT2D eigenvalue weighted by Crippen LogP contribution is 2.27. The number of rotatable bonds is 6. The molecule has 0 aliphatic carbocycles. The van der Waals surface area contributed by atoms with Crippen LogP contribution in [0.3, 0.4) is 0 Å². The molecule has 4 rings (SSSR count). The van der Waals surface area contributed by atoms with Crippen LogP contribution in [-0.4, -0.2) is 37.8 Å². The molecule has 0 atom stereocenters. The molecule has 10 heteroatoms. The zero-order valence-electron chi connectivity index (χ0n) is 14.7. The van der Waals surface area contributed by atoms with Crippen LogP contribution in [-0.2, 0) is 5.75 Å². The zero-order chi connectivity index (χ0) is 19.5. The minimum atomic E-state index is 0.523. The van der Waals surface area contributed by atoms with Gasteiger partial charge in [0, 0.05) is 15.8 Å². The Labute approximate surface area is 174 Å². The number of hydrogen-bond donors (Lipinski definition) is 0. The van der Waals surface area contributed by atoms with Crippen molar-refractivity contribution >= 4 is 47.0 Å². The lowest BCUT2D eigenvalue weighted by atomic mass is 10.2. The van der Waals surface area contributed by atoms with Crippen molar-refractivity contribution in [3.8, 4) is 5.75 Å². The van der Waals surface area contributed by atoms with E-state index in [0.717, 1.165) is 16.9 Å². The number of thioether (sulfide) groups is 1. The van der Waals surface area contributed by atoms with E-state index < -0.39 is 0 Å². The molecule has 7 nitrogen and oxygen atoms in total. The van der Waals surface area contributed by atoms with Gasteiger partial charge in [-0.1, -0.05) is 41.0 Å². The first-order chi connectivity index (χ1) is 13.6. The molecule has 0 fully saturated rings. The average Bonchev–Trinajstić information content (AvgIpc) is 3.29. The van der Waals surface area contributed by atoms with Crippen LogP contribution in [0.15, 0.2) is 59.0 Å². The summed E-state index contributed by atoms with van der Waals surface area (Å²) in [6, 6.07) is 13.0. The third kappa shape index (κ3) is 3.99. The van der Waals surface area contributed by atoms with Gasteiger partial charge in [0.05, 0.1) is 13.3 Å². The SMILES string of the molecule is COc1ccc(/C=N\n2cnn3c(SCc4ccc(Cl)cc4Cl)nnc23)cc1. The molecule has 0 saturated heterocycles. The van der Waals surface area contributed by atoms with Crippen LogP contribution < -0.4 is 4.74 Å². The minimum Gasteiger partial charge on any atom is -0.497 e. The third-order valence-corrected chi connectivity index (χ3v) is 5.45. The van der Waals surface area contributed by atoms with Gasteiger partial charge in [-0.05, 0) is 47.5 Å². The second-order valence-corrected chi connectivity index (χ2v) is 7.50. The van der Waals surface area contributed by atoms with E-state index in [4.69, 9.17) is 27.9 Å². The maximum Gasteiger partial charge on any atom is 0.275 e. The summed E-state index contributed by atoms with van der Waals surface area (Å²) in [6.45, 7) is 0. The molecule has 0 spiro atoms. The lowest BCUT2D eigenvalue weighted by Crippen LogP contribution is -1.91. The summed E-state index contributed by atoms with van der Waals surface area (Å²) in [6.07, 6.45) is 3.31. The largest absolute Gasteiger partial charge is 0.497 e. The summed E-state index contributed by atoms with van der Waals surface area (Å²) < 4.78 is 8.35. The molecular formula is C18H14Cl2N6OS. The molecule has 0 amide bonds. The molecule has 0 aliphatic rings. The molecule has 0 N–H and O–H groups in total. The first-order valence-electron chi connectivity index (χ1n) is 8.18. The van der Waals surface area contributed by atoms with Crippen molar-refractivity contribution in [3.63, 3.8) is 0 Å². The number of hydrogen-bond acceptors (Lipinski definition) is 6. The number of benzene rings is 2. The van der Waals surface area contributed by atoms with Crippen molar-refractivity contribution in [3.05, 3.63) is 70.0 Å². The van der Waals surface area contributed by atoms with Crippen LogP contribution in [0.25, 0.3) is 5.78 Å². The fourth-order valence-corrected chi connectivity index (χ4v) is 3.87. The summed E-state index contributed by atoms with van der Waals surface area (Å²) in [7, 11) is 1.63. The molecule has 4 aromatic rings. The van der Waals surface area contributed by atoms with Crippen LogP contribution in [0.2, 0.25) is 10.0 Å². The predicted octanol–water partition coefficient (Wildman–Crippen LogP) is 4.42. The van der Waals surface area contributed by atoms with E-state index in [1.165, 1.54) is 11.8 Å². The van der Waals surface area contributed by atoms with Crippen molar-refractivity contribution in [2.45, 2.75) is 10.9 Å². The molecule has 2 aromatic carbocycles. The molecule has 0 unspecified atom stereocenters. The quantitative estimate of drug-likeness (QED) is 0.333. The van der Waals surface area contributed by atoms with Gasteiger partial charge in [-0.25, -0.2) is 0 Å². The molecule has 0 saturated carbocycles. The van der Waals surface area contributed by atoms with E-state index in [9.17, 15) is 0 Å². The number of aromatic nitrogens is 5. The van der Waals surface area contributed by atoms with Gasteiger partial charge in [-0.15, -0.1) is 10.2 Å². The van der Waals surface area contributed by atoms with E-state index in [-0.39, 0.29) is 0 Å². The van der Waals surface area contributed by atoms with Gasteiger partial charge >= 0.3 is 0 Å². The topological polar surface area (TPSA) is 69.6 Å².